The third-order valence-corrected chi connectivity index (χ3v) is 6.79. The molecule has 0 unspecified atom stereocenters. The maximum Gasteiger partial charge on any atom is 0.326 e. The van der Waals surface area contributed by atoms with Crippen molar-refractivity contribution in [3.8, 4) is 17.0 Å². The maximum absolute atomic E-state index is 13.1. The highest BCUT2D eigenvalue weighted by molar-refractivity contribution is 6.12. The molecule has 0 fully saturated rings. The average Bonchev–Trinajstić information content (AvgIpc) is 3.38. The van der Waals surface area contributed by atoms with Crippen molar-refractivity contribution < 1.29 is 19.4 Å². The largest absolute Gasteiger partial charge is 0.493 e. The number of carbonyl (C=O) groups is 2. The molecule has 41 heavy (non-hydrogen) atoms. The fourth-order valence-corrected chi connectivity index (χ4v) is 4.68. The van der Waals surface area contributed by atoms with Crippen LogP contribution in [0.3, 0.4) is 0 Å². The van der Waals surface area contributed by atoms with E-state index in [1.165, 1.54) is 0 Å². The van der Waals surface area contributed by atoms with Crippen LogP contribution in [-0.2, 0) is 17.6 Å². The van der Waals surface area contributed by atoms with Gasteiger partial charge in [-0.05, 0) is 36.8 Å². The predicted molar refractivity (Wildman–Crippen MR) is 159 cm³/mol. The van der Waals surface area contributed by atoms with E-state index in [0.29, 0.717) is 35.6 Å². The second-order valence-electron chi connectivity index (χ2n) is 9.75. The van der Waals surface area contributed by atoms with Crippen molar-refractivity contribution in [2.45, 2.75) is 25.8 Å². The van der Waals surface area contributed by atoms with Crippen molar-refractivity contribution in [3.05, 3.63) is 137 Å². The molecule has 0 saturated carbocycles. The van der Waals surface area contributed by atoms with Gasteiger partial charge in [-0.3, -0.25) is 4.79 Å². The minimum Gasteiger partial charge on any atom is -0.493 e. The molecule has 3 N–H and O–H groups in total. The molecule has 206 valence electrons. The van der Waals surface area contributed by atoms with Crippen LogP contribution in [0.1, 0.15) is 33.0 Å². The Morgan fingerprint density at radius 3 is 2.24 bits per heavy atom. The van der Waals surface area contributed by atoms with Crippen molar-refractivity contribution >= 4 is 17.4 Å². The molecular weight excluding hydrogens is 514 g/mol. The molecule has 0 aliphatic rings. The Morgan fingerprint density at radius 2 is 1.54 bits per heavy atom. The average molecular weight is 546 g/mol. The van der Waals surface area contributed by atoms with Crippen LogP contribution in [0.15, 0.2) is 109 Å². The van der Waals surface area contributed by atoms with Crippen molar-refractivity contribution in [1.82, 2.24) is 9.97 Å². The lowest BCUT2D eigenvalue weighted by atomic mass is 10.00. The number of carbonyl (C=O) groups excluding carboxylic acids is 1. The fourth-order valence-electron chi connectivity index (χ4n) is 4.68. The number of aliphatic carboxylic acids is 1. The Labute approximate surface area is 238 Å². The van der Waals surface area contributed by atoms with Gasteiger partial charge in [-0.1, -0.05) is 84.9 Å². The lowest BCUT2D eigenvalue weighted by Crippen LogP contribution is -2.32. The number of carboxylic acid groups (broad SMARTS) is 1. The molecular formula is C34H31N3O4. The quantitative estimate of drug-likeness (QED) is 0.158. The zero-order valence-electron chi connectivity index (χ0n) is 22.7. The molecule has 1 aromatic heterocycles. The molecule has 0 spiro atoms. The number of nitrogens with zero attached hydrogens (tertiary/aromatic N) is 1. The summed E-state index contributed by atoms with van der Waals surface area (Å²) < 4.78 is 5.92. The number of aromatic amines is 1. The second kappa shape index (κ2) is 12.8. The summed E-state index contributed by atoms with van der Waals surface area (Å²) in [6.07, 6.45) is 0.860. The first-order valence-corrected chi connectivity index (χ1v) is 13.5. The van der Waals surface area contributed by atoms with Gasteiger partial charge in [0, 0.05) is 40.9 Å². The number of carboxylic acids is 1. The number of hydrogen-bond donors (Lipinski definition) is 3. The summed E-state index contributed by atoms with van der Waals surface area (Å²) in [5.41, 5.74) is 5.32. The molecule has 0 bridgehead atoms. The van der Waals surface area contributed by atoms with E-state index in [0.717, 1.165) is 28.3 Å². The molecule has 0 saturated heterocycles. The number of anilines is 1. The van der Waals surface area contributed by atoms with Gasteiger partial charge in [-0.15, -0.1) is 0 Å². The Morgan fingerprint density at radius 1 is 0.878 bits per heavy atom. The molecule has 0 aliphatic carbocycles. The van der Waals surface area contributed by atoms with Crippen LogP contribution in [-0.4, -0.2) is 39.5 Å². The summed E-state index contributed by atoms with van der Waals surface area (Å²) in [6.45, 7) is 2.46. The first-order chi connectivity index (χ1) is 20.0. The van der Waals surface area contributed by atoms with Crippen molar-refractivity contribution in [1.29, 1.82) is 0 Å². The van der Waals surface area contributed by atoms with Gasteiger partial charge < -0.3 is 20.1 Å². The summed E-state index contributed by atoms with van der Waals surface area (Å²) in [4.78, 5) is 33.3. The van der Waals surface area contributed by atoms with E-state index >= 15 is 0 Å². The Bertz CT molecular complexity index is 1610. The molecule has 4 aromatic carbocycles. The minimum atomic E-state index is -1.00. The number of imidazole rings is 1. The van der Waals surface area contributed by atoms with E-state index in [2.05, 4.69) is 10.3 Å². The highest BCUT2D eigenvalue weighted by Crippen LogP contribution is 2.23. The van der Waals surface area contributed by atoms with Crippen LogP contribution in [0.25, 0.3) is 11.3 Å². The number of aryl methyl sites for hydroxylation is 1. The van der Waals surface area contributed by atoms with Gasteiger partial charge in [0.1, 0.15) is 17.6 Å². The van der Waals surface area contributed by atoms with Crippen molar-refractivity contribution in [2.24, 2.45) is 0 Å². The highest BCUT2D eigenvalue weighted by Gasteiger charge is 2.21. The Balaban J connectivity index is 1.19. The summed E-state index contributed by atoms with van der Waals surface area (Å²) >= 11 is 0. The smallest absolute Gasteiger partial charge is 0.326 e. The van der Waals surface area contributed by atoms with Crippen molar-refractivity contribution in [3.63, 3.8) is 0 Å². The molecule has 7 heteroatoms. The van der Waals surface area contributed by atoms with E-state index in [1.807, 2.05) is 67.6 Å². The van der Waals surface area contributed by atoms with Crippen molar-refractivity contribution in [2.75, 3.05) is 11.9 Å². The van der Waals surface area contributed by atoms with E-state index in [-0.39, 0.29) is 12.2 Å². The topological polar surface area (TPSA) is 104 Å². The Kier molecular flexibility index (Phi) is 8.55. The molecule has 5 aromatic rings. The first kappa shape index (κ1) is 27.4. The van der Waals surface area contributed by atoms with Crippen LogP contribution in [0.2, 0.25) is 0 Å². The number of benzene rings is 4. The second-order valence-corrected chi connectivity index (χ2v) is 9.75. The van der Waals surface area contributed by atoms with Gasteiger partial charge in [0.2, 0.25) is 0 Å². The standard InChI is InChI=1S/C34H31N3O4/c1-23-32(25-10-4-2-5-11-25)37-31(35-23)20-21-41-27-18-16-24(17-19-27)22-30(34(39)40)36-29-15-9-8-14-28(29)33(38)26-12-6-3-7-13-26/h2-19,30,36H,20-22H2,1H3,(H,35,37)(H,39,40)/t30-/m0/s1. The first-order valence-electron chi connectivity index (χ1n) is 13.5. The number of para-hydroxylation sites is 1. The third-order valence-electron chi connectivity index (χ3n) is 6.79. The molecule has 1 heterocycles. The van der Waals surface area contributed by atoms with Gasteiger partial charge in [-0.25, -0.2) is 9.78 Å². The van der Waals surface area contributed by atoms with Crippen LogP contribution < -0.4 is 10.1 Å². The number of hydrogen-bond acceptors (Lipinski definition) is 5. The number of rotatable bonds is 12. The zero-order valence-corrected chi connectivity index (χ0v) is 22.7. The van der Waals surface area contributed by atoms with Gasteiger partial charge in [0.25, 0.3) is 0 Å². The van der Waals surface area contributed by atoms with Gasteiger partial charge in [0.05, 0.1) is 12.3 Å². The normalized spacial score (nSPS) is 11.5. The molecule has 1 atom stereocenters. The van der Waals surface area contributed by atoms with Crippen LogP contribution in [0.5, 0.6) is 5.75 Å². The molecule has 0 aliphatic heterocycles. The summed E-state index contributed by atoms with van der Waals surface area (Å²) in [5, 5.41) is 13.0. The summed E-state index contributed by atoms with van der Waals surface area (Å²) in [7, 11) is 0. The van der Waals surface area contributed by atoms with E-state index in [1.54, 1.807) is 48.5 Å². The van der Waals surface area contributed by atoms with Gasteiger partial charge >= 0.3 is 5.97 Å². The SMILES string of the molecule is Cc1[nH]c(CCOc2ccc(C[C@H](Nc3ccccc3C(=O)c3ccccc3)C(=O)O)cc2)nc1-c1ccccc1. The lowest BCUT2D eigenvalue weighted by Gasteiger charge is -2.18. The van der Waals surface area contributed by atoms with E-state index in [4.69, 9.17) is 9.72 Å². The number of nitrogens with one attached hydrogen (secondary N) is 2. The number of aromatic nitrogens is 2. The van der Waals surface area contributed by atoms with Gasteiger partial charge in [-0.2, -0.15) is 0 Å². The lowest BCUT2D eigenvalue weighted by molar-refractivity contribution is -0.137. The molecule has 7 nitrogen and oxygen atoms in total. The van der Waals surface area contributed by atoms with Crippen LogP contribution >= 0.6 is 0 Å². The highest BCUT2D eigenvalue weighted by atomic mass is 16.5. The Hall–Kier alpha value is -5.17. The number of ether oxygens (including phenoxy) is 1. The minimum absolute atomic E-state index is 0.166. The monoisotopic (exact) mass is 545 g/mol. The third kappa shape index (κ3) is 6.89. The van der Waals surface area contributed by atoms with Gasteiger partial charge in [0.15, 0.2) is 5.78 Å². The molecule has 5 rings (SSSR count). The fraction of sp³-hybridized carbons (Fsp3) is 0.147. The van der Waals surface area contributed by atoms with E-state index < -0.39 is 12.0 Å². The maximum atomic E-state index is 13.1. The van der Waals surface area contributed by atoms with Crippen LogP contribution in [0.4, 0.5) is 5.69 Å². The molecule has 0 radical (unpaired) electrons. The summed E-state index contributed by atoms with van der Waals surface area (Å²) in [6, 6.07) is 32.4. The zero-order chi connectivity index (χ0) is 28.6. The number of ketones is 1. The predicted octanol–water partition coefficient (Wildman–Crippen LogP) is 6.35. The van der Waals surface area contributed by atoms with E-state index in [9.17, 15) is 14.7 Å². The summed E-state index contributed by atoms with van der Waals surface area (Å²) in [5.74, 6) is 0.384. The number of H-pyrrole nitrogens is 1. The van der Waals surface area contributed by atoms with Crippen LogP contribution in [0, 0.1) is 6.92 Å². The molecule has 0 amide bonds.